The topological polar surface area (TPSA) is 56.2 Å². The molecule has 0 aliphatic carbocycles. The van der Waals surface area contributed by atoms with Gasteiger partial charge in [0.2, 0.25) is 5.78 Å². The molecule has 0 N–H and O–H groups in total. The number of allylic oxidation sites excluding steroid dienone is 1. The lowest BCUT2D eigenvalue weighted by Gasteiger charge is -2.33. The molecular weight excluding hydrogens is 418 g/mol. The summed E-state index contributed by atoms with van der Waals surface area (Å²) in [7, 11) is 2.01. The van der Waals surface area contributed by atoms with Gasteiger partial charge in [0.1, 0.15) is 18.2 Å². The number of para-hydroxylation sites is 1. The molecule has 4 heterocycles. The predicted octanol–water partition coefficient (Wildman–Crippen LogP) is 3.28. The third-order valence-corrected chi connectivity index (χ3v) is 6.73. The molecule has 1 saturated heterocycles. The van der Waals surface area contributed by atoms with E-state index in [1.165, 1.54) is 0 Å². The fraction of sp³-hybridized carbons (Fsp3) is 0.346. The summed E-state index contributed by atoms with van der Waals surface area (Å²) in [6, 6.07) is 11.9. The van der Waals surface area contributed by atoms with E-state index in [0.717, 1.165) is 67.2 Å². The lowest BCUT2D eigenvalue weighted by Crippen LogP contribution is -2.43. The molecule has 170 valence electrons. The van der Waals surface area contributed by atoms with Crippen LogP contribution in [0.1, 0.15) is 21.5 Å². The number of hydrogen-bond acceptors (Lipinski definition) is 6. The SMILES string of the molecule is Cn1cc(/C=C2\Oc3c(ccc4c3CN(CCN3CCOCC3)CO4)C2=O)c2ccccc21. The third-order valence-electron chi connectivity index (χ3n) is 6.73. The van der Waals surface area contributed by atoms with Gasteiger partial charge in [-0.3, -0.25) is 14.6 Å². The van der Waals surface area contributed by atoms with Gasteiger partial charge in [-0.1, -0.05) is 18.2 Å². The van der Waals surface area contributed by atoms with Gasteiger partial charge in [-0.15, -0.1) is 0 Å². The highest BCUT2D eigenvalue weighted by atomic mass is 16.5. The highest BCUT2D eigenvalue weighted by Crippen LogP contribution is 2.42. The second-order valence-corrected chi connectivity index (χ2v) is 8.85. The molecule has 2 aromatic carbocycles. The highest BCUT2D eigenvalue weighted by molar-refractivity contribution is 6.15. The van der Waals surface area contributed by atoms with E-state index in [1.54, 1.807) is 0 Å². The van der Waals surface area contributed by atoms with Crippen LogP contribution in [0.3, 0.4) is 0 Å². The van der Waals surface area contributed by atoms with Crippen LogP contribution in [-0.4, -0.2) is 66.3 Å². The van der Waals surface area contributed by atoms with Crippen LogP contribution in [0.2, 0.25) is 0 Å². The Morgan fingerprint density at radius 3 is 2.73 bits per heavy atom. The summed E-state index contributed by atoms with van der Waals surface area (Å²) in [5.41, 5.74) is 3.66. The molecule has 33 heavy (non-hydrogen) atoms. The maximum atomic E-state index is 13.2. The number of hydrogen-bond donors (Lipinski definition) is 0. The van der Waals surface area contributed by atoms with Gasteiger partial charge in [-0.05, 0) is 24.3 Å². The van der Waals surface area contributed by atoms with Crippen molar-refractivity contribution >= 4 is 22.8 Å². The molecule has 3 aliphatic heterocycles. The summed E-state index contributed by atoms with van der Waals surface area (Å²) in [5, 5.41) is 1.10. The Hall–Kier alpha value is -3.13. The maximum absolute atomic E-state index is 13.2. The number of ketones is 1. The Morgan fingerprint density at radius 2 is 1.85 bits per heavy atom. The normalized spacial score (nSPS) is 20.0. The fourth-order valence-electron chi connectivity index (χ4n) is 4.88. The molecule has 0 atom stereocenters. The van der Waals surface area contributed by atoms with E-state index >= 15 is 0 Å². The number of fused-ring (bicyclic) bond motifs is 4. The molecule has 7 heteroatoms. The summed E-state index contributed by atoms with van der Waals surface area (Å²) in [6.45, 7) is 6.67. The first-order valence-corrected chi connectivity index (χ1v) is 11.5. The number of benzene rings is 2. The highest BCUT2D eigenvalue weighted by Gasteiger charge is 2.33. The number of carbonyl (C=O) groups excluding carboxylic acids is 1. The molecule has 0 bridgehead atoms. The smallest absolute Gasteiger partial charge is 0.231 e. The van der Waals surface area contributed by atoms with Crippen LogP contribution >= 0.6 is 0 Å². The van der Waals surface area contributed by atoms with E-state index in [-0.39, 0.29) is 5.78 Å². The van der Waals surface area contributed by atoms with Crippen LogP contribution in [0.4, 0.5) is 0 Å². The quantitative estimate of drug-likeness (QED) is 0.575. The van der Waals surface area contributed by atoms with Gasteiger partial charge >= 0.3 is 0 Å². The number of rotatable bonds is 4. The lowest BCUT2D eigenvalue weighted by atomic mass is 10.0. The zero-order valence-electron chi connectivity index (χ0n) is 18.8. The minimum Gasteiger partial charge on any atom is -0.478 e. The van der Waals surface area contributed by atoms with E-state index in [1.807, 2.05) is 43.6 Å². The molecular formula is C26H27N3O4. The van der Waals surface area contributed by atoms with Gasteiger partial charge in [0, 0.05) is 62.4 Å². The molecule has 1 fully saturated rings. The van der Waals surface area contributed by atoms with Crippen LogP contribution < -0.4 is 9.47 Å². The van der Waals surface area contributed by atoms with Crippen molar-refractivity contribution in [3.8, 4) is 11.5 Å². The van der Waals surface area contributed by atoms with Gasteiger partial charge in [-0.2, -0.15) is 0 Å². The number of aromatic nitrogens is 1. The molecule has 0 unspecified atom stereocenters. The molecule has 1 aromatic heterocycles. The average Bonchev–Trinajstić information content (AvgIpc) is 3.35. The predicted molar refractivity (Wildman–Crippen MR) is 125 cm³/mol. The molecule has 6 rings (SSSR count). The number of morpholine rings is 1. The van der Waals surface area contributed by atoms with Crippen molar-refractivity contribution in [1.82, 2.24) is 14.4 Å². The Labute approximate surface area is 192 Å². The van der Waals surface area contributed by atoms with Gasteiger partial charge in [-0.25, -0.2) is 0 Å². The van der Waals surface area contributed by atoms with Gasteiger partial charge < -0.3 is 18.8 Å². The summed E-state index contributed by atoms with van der Waals surface area (Å²) < 4.78 is 19.7. The molecule has 3 aliphatic rings. The molecule has 0 saturated carbocycles. The van der Waals surface area contributed by atoms with Gasteiger partial charge in [0.05, 0.1) is 24.3 Å². The fourth-order valence-corrected chi connectivity index (χ4v) is 4.88. The summed E-state index contributed by atoms with van der Waals surface area (Å²) in [4.78, 5) is 17.8. The summed E-state index contributed by atoms with van der Waals surface area (Å²) in [5.74, 6) is 1.72. The van der Waals surface area contributed by atoms with E-state index in [0.29, 0.717) is 30.3 Å². The van der Waals surface area contributed by atoms with Crippen molar-refractivity contribution in [3.63, 3.8) is 0 Å². The van der Waals surface area contributed by atoms with E-state index in [9.17, 15) is 4.79 Å². The van der Waals surface area contributed by atoms with Crippen molar-refractivity contribution in [2.24, 2.45) is 7.05 Å². The number of carbonyl (C=O) groups is 1. The van der Waals surface area contributed by atoms with Crippen molar-refractivity contribution in [2.45, 2.75) is 6.54 Å². The van der Waals surface area contributed by atoms with Crippen LogP contribution in [0, 0.1) is 0 Å². The van der Waals surface area contributed by atoms with Crippen LogP contribution in [-0.2, 0) is 18.3 Å². The number of nitrogens with zero attached hydrogens (tertiary/aromatic N) is 3. The first kappa shape index (κ1) is 20.5. The molecule has 0 radical (unpaired) electrons. The number of aryl methyl sites for hydroxylation is 1. The largest absolute Gasteiger partial charge is 0.478 e. The van der Waals surface area contributed by atoms with Crippen LogP contribution in [0.15, 0.2) is 48.4 Å². The van der Waals surface area contributed by atoms with Crippen LogP contribution in [0.5, 0.6) is 11.5 Å². The van der Waals surface area contributed by atoms with Gasteiger partial charge in [0.15, 0.2) is 5.76 Å². The Bertz CT molecular complexity index is 1260. The first-order valence-electron chi connectivity index (χ1n) is 11.5. The second-order valence-electron chi connectivity index (χ2n) is 8.85. The molecule has 0 spiro atoms. The lowest BCUT2D eigenvalue weighted by molar-refractivity contribution is 0.0239. The number of Topliss-reactive ketones (excluding diaryl/α,β-unsaturated/α-hetero) is 1. The van der Waals surface area contributed by atoms with Crippen molar-refractivity contribution < 1.29 is 19.0 Å². The summed E-state index contributed by atoms with van der Waals surface area (Å²) in [6.07, 6.45) is 3.89. The number of ether oxygens (including phenoxy) is 3. The molecule has 7 nitrogen and oxygen atoms in total. The summed E-state index contributed by atoms with van der Waals surface area (Å²) >= 11 is 0. The maximum Gasteiger partial charge on any atom is 0.231 e. The van der Waals surface area contributed by atoms with Gasteiger partial charge in [0.25, 0.3) is 0 Å². The second kappa shape index (κ2) is 8.33. The molecule has 3 aromatic rings. The minimum absolute atomic E-state index is 0.0776. The van der Waals surface area contributed by atoms with E-state index < -0.39 is 0 Å². The first-order chi connectivity index (χ1) is 16.2. The molecule has 0 amide bonds. The zero-order chi connectivity index (χ0) is 22.4. The third kappa shape index (κ3) is 3.72. The van der Waals surface area contributed by atoms with E-state index in [2.05, 4.69) is 26.5 Å². The monoisotopic (exact) mass is 445 g/mol. The standard InChI is InChI=1S/C26H27N3O4/c1-27-15-18(19-4-2-3-5-22(19)27)14-24-25(30)20-6-7-23-21(26(20)33-24)16-29(17-32-23)9-8-28-10-12-31-13-11-28/h2-7,14-15H,8-13,16-17H2,1H3/b24-14-. The van der Waals surface area contributed by atoms with Crippen molar-refractivity contribution in [1.29, 1.82) is 0 Å². The van der Waals surface area contributed by atoms with Crippen LogP contribution in [0.25, 0.3) is 17.0 Å². The Kier molecular flexibility index (Phi) is 5.17. The Balaban J connectivity index is 1.25. The van der Waals surface area contributed by atoms with Crippen molar-refractivity contribution in [2.75, 3.05) is 46.1 Å². The van der Waals surface area contributed by atoms with E-state index in [4.69, 9.17) is 14.2 Å². The average molecular weight is 446 g/mol. The zero-order valence-corrected chi connectivity index (χ0v) is 18.8. The Morgan fingerprint density at radius 1 is 1.03 bits per heavy atom. The minimum atomic E-state index is -0.0776. The van der Waals surface area contributed by atoms with Crippen molar-refractivity contribution in [3.05, 3.63) is 65.0 Å².